The highest BCUT2D eigenvalue weighted by molar-refractivity contribution is 5.74. The first-order chi connectivity index (χ1) is 7.11. The van der Waals surface area contributed by atoms with Gasteiger partial charge in [-0.3, -0.25) is 4.79 Å². The van der Waals surface area contributed by atoms with Crippen molar-refractivity contribution in [2.75, 3.05) is 0 Å². The average Bonchev–Trinajstić information content (AvgIpc) is 2.18. The molecule has 0 spiro atoms. The lowest BCUT2D eigenvalue weighted by atomic mass is 9.97. The van der Waals surface area contributed by atoms with Gasteiger partial charge in [0.05, 0.1) is 0 Å². The van der Waals surface area contributed by atoms with E-state index in [4.69, 9.17) is 5.11 Å². The normalized spacial score (nSPS) is 9.73. The fraction of sp³-hybridized carbons (Fsp3) is 0.308. The highest BCUT2D eigenvalue weighted by Crippen LogP contribution is 2.23. The van der Waals surface area contributed by atoms with Gasteiger partial charge in [-0.2, -0.15) is 0 Å². The number of hydrogen-bond donors (Lipinski definition) is 1. The number of hydrogen-bond acceptors (Lipinski definition) is 1. The van der Waals surface area contributed by atoms with E-state index in [1.54, 1.807) is 0 Å². The van der Waals surface area contributed by atoms with E-state index >= 15 is 0 Å². The van der Waals surface area contributed by atoms with Crippen LogP contribution in [0.4, 0.5) is 0 Å². The molecule has 0 aliphatic heterocycles. The third kappa shape index (κ3) is 3.58. The summed E-state index contributed by atoms with van der Waals surface area (Å²) in [5.74, 6) is -0.746. The molecule has 0 aliphatic rings. The predicted octanol–water partition coefficient (Wildman–Crippen LogP) is 3.34. The Bertz CT molecular complexity index is 359. The van der Waals surface area contributed by atoms with Crippen molar-refractivity contribution in [1.82, 2.24) is 0 Å². The Morgan fingerprint density at radius 1 is 1.13 bits per heavy atom. The van der Waals surface area contributed by atoms with Gasteiger partial charge in [0.2, 0.25) is 0 Å². The van der Waals surface area contributed by atoms with Crippen molar-refractivity contribution in [1.29, 1.82) is 0 Å². The first kappa shape index (κ1) is 11.5. The van der Waals surface area contributed by atoms with E-state index in [0.29, 0.717) is 6.42 Å². The molecule has 0 aliphatic carbocycles. The summed E-state index contributed by atoms with van der Waals surface area (Å²) in [7, 11) is 0. The summed E-state index contributed by atoms with van der Waals surface area (Å²) in [5.41, 5.74) is 3.44. The highest BCUT2D eigenvalue weighted by Gasteiger charge is 2.05. The smallest absolute Gasteiger partial charge is 0.303 e. The van der Waals surface area contributed by atoms with Crippen molar-refractivity contribution in [2.24, 2.45) is 0 Å². The Morgan fingerprint density at radius 2 is 1.73 bits per heavy atom. The van der Waals surface area contributed by atoms with Crippen molar-refractivity contribution < 1.29 is 9.90 Å². The summed E-state index contributed by atoms with van der Waals surface area (Å²) in [4.78, 5) is 10.5. The molecular formula is C13H16O2. The quantitative estimate of drug-likeness (QED) is 0.816. The minimum Gasteiger partial charge on any atom is -0.481 e. The topological polar surface area (TPSA) is 37.3 Å². The summed E-state index contributed by atoms with van der Waals surface area (Å²) in [6.45, 7) is 4.04. The van der Waals surface area contributed by atoms with Gasteiger partial charge in [0, 0.05) is 6.42 Å². The molecule has 1 rings (SSSR count). The van der Waals surface area contributed by atoms with Crippen LogP contribution in [0.1, 0.15) is 32.3 Å². The van der Waals surface area contributed by atoms with Crippen LogP contribution in [0.5, 0.6) is 0 Å². The molecule has 80 valence electrons. The van der Waals surface area contributed by atoms with Crippen molar-refractivity contribution in [3.8, 4) is 0 Å². The van der Waals surface area contributed by atoms with E-state index < -0.39 is 5.97 Å². The van der Waals surface area contributed by atoms with Gasteiger partial charge >= 0.3 is 5.97 Å². The Kier molecular flexibility index (Phi) is 4.10. The van der Waals surface area contributed by atoms with Gasteiger partial charge in [-0.1, -0.05) is 35.9 Å². The first-order valence-electron chi connectivity index (χ1n) is 5.05. The predicted molar refractivity (Wildman–Crippen MR) is 61.6 cm³/mol. The van der Waals surface area contributed by atoms with Gasteiger partial charge in [-0.25, -0.2) is 0 Å². The number of allylic oxidation sites excluding steroid dienone is 2. The molecular weight excluding hydrogens is 188 g/mol. The SMILES string of the molecule is CC(C)=C(CCC(=O)O)c1ccccc1. The van der Waals surface area contributed by atoms with E-state index in [2.05, 4.69) is 0 Å². The molecule has 0 fully saturated rings. The molecule has 0 heterocycles. The lowest BCUT2D eigenvalue weighted by Crippen LogP contribution is -1.96. The summed E-state index contributed by atoms with van der Waals surface area (Å²) in [6, 6.07) is 9.94. The van der Waals surface area contributed by atoms with Gasteiger partial charge in [0.1, 0.15) is 0 Å². The summed E-state index contributed by atoms with van der Waals surface area (Å²) in [6.07, 6.45) is 0.789. The zero-order chi connectivity index (χ0) is 11.3. The number of rotatable bonds is 4. The molecule has 0 atom stereocenters. The molecule has 0 amide bonds. The molecule has 0 bridgehead atoms. The minimum absolute atomic E-state index is 0.190. The summed E-state index contributed by atoms with van der Waals surface area (Å²) < 4.78 is 0. The van der Waals surface area contributed by atoms with Gasteiger partial charge in [-0.15, -0.1) is 0 Å². The van der Waals surface area contributed by atoms with E-state index in [1.807, 2.05) is 44.2 Å². The van der Waals surface area contributed by atoms with Crippen LogP contribution in [0.15, 0.2) is 35.9 Å². The molecule has 15 heavy (non-hydrogen) atoms. The molecule has 1 aromatic carbocycles. The third-order valence-corrected chi connectivity index (χ3v) is 2.31. The second-order valence-corrected chi connectivity index (χ2v) is 3.74. The number of carbonyl (C=O) groups is 1. The minimum atomic E-state index is -0.746. The summed E-state index contributed by atoms with van der Waals surface area (Å²) in [5, 5.41) is 8.67. The second kappa shape index (κ2) is 5.35. The Hall–Kier alpha value is -1.57. The highest BCUT2D eigenvalue weighted by atomic mass is 16.4. The largest absolute Gasteiger partial charge is 0.481 e. The van der Waals surface area contributed by atoms with E-state index in [0.717, 1.165) is 11.1 Å². The molecule has 1 N–H and O–H groups in total. The maximum atomic E-state index is 10.5. The fourth-order valence-electron chi connectivity index (χ4n) is 1.55. The van der Waals surface area contributed by atoms with Crippen molar-refractivity contribution in [3.63, 3.8) is 0 Å². The van der Waals surface area contributed by atoms with E-state index in [1.165, 1.54) is 5.57 Å². The Labute approximate surface area is 90.3 Å². The van der Waals surface area contributed by atoms with E-state index in [9.17, 15) is 4.79 Å². The molecule has 0 aromatic heterocycles. The zero-order valence-corrected chi connectivity index (χ0v) is 9.16. The van der Waals surface area contributed by atoms with Crippen LogP contribution in [0.25, 0.3) is 5.57 Å². The second-order valence-electron chi connectivity index (χ2n) is 3.74. The van der Waals surface area contributed by atoms with Crippen LogP contribution < -0.4 is 0 Å². The van der Waals surface area contributed by atoms with Crippen molar-refractivity contribution >= 4 is 11.5 Å². The van der Waals surface area contributed by atoms with E-state index in [-0.39, 0.29) is 6.42 Å². The average molecular weight is 204 g/mol. The summed E-state index contributed by atoms with van der Waals surface area (Å²) >= 11 is 0. The monoisotopic (exact) mass is 204 g/mol. The van der Waals surface area contributed by atoms with Gasteiger partial charge in [0.15, 0.2) is 0 Å². The molecule has 1 aromatic rings. The Balaban J connectivity index is 2.86. The van der Waals surface area contributed by atoms with Gasteiger partial charge < -0.3 is 5.11 Å². The number of carboxylic acid groups (broad SMARTS) is 1. The maximum absolute atomic E-state index is 10.5. The molecule has 2 nitrogen and oxygen atoms in total. The van der Waals surface area contributed by atoms with Crippen LogP contribution in [0, 0.1) is 0 Å². The van der Waals surface area contributed by atoms with Crippen LogP contribution in [-0.4, -0.2) is 11.1 Å². The van der Waals surface area contributed by atoms with Crippen LogP contribution >= 0.6 is 0 Å². The molecule has 2 heteroatoms. The fourth-order valence-corrected chi connectivity index (χ4v) is 1.55. The van der Waals surface area contributed by atoms with Crippen molar-refractivity contribution in [2.45, 2.75) is 26.7 Å². The standard InChI is InChI=1S/C13H16O2/c1-10(2)12(8-9-13(14)15)11-6-4-3-5-7-11/h3-7H,8-9H2,1-2H3,(H,14,15). The maximum Gasteiger partial charge on any atom is 0.303 e. The van der Waals surface area contributed by atoms with Gasteiger partial charge in [0.25, 0.3) is 0 Å². The lowest BCUT2D eigenvalue weighted by molar-refractivity contribution is -0.136. The lowest BCUT2D eigenvalue weighted by Gasteiger charge is -2.08. The number of benzene rings is 1. The van der Waals surface area contributed by atoms with Gasteiger partial charge in [-0.05, 0) is 31.4 Å². The molecule has 0 saturated heterocycles. The molecule has 0 unspecified atom stereocenters. The Morgan fingerprint density at radius 3 is 2.20 bits per heavy atom. The van der Waals surface area contributed by atoms with Crippen LogP contribution in [0.2, 0.25) is 0 Å². The number of aliphatic carboxylic acids is 1. The zero-order valence-electron chi connectivity index (χ0n) is 9.16. The molecule has 0 saturated carbocycles. The van der Waals surface area contributed by atoms with Crippen LogP contribution in [-0.2, 0) is 4.79 Å². The molecule has 0 radical (unpaired) electrons. The van der Waals surface area contributed by atoms with Crippen molar-refractivity contribution in [3.05, 3.63) is 41.5 Å². The first-order valence-corrected chi connectivity index (χ1v) is 5.05. The number of carboxylic acids is 1. The van der Waals surface area contributed by atoms with Crippen LogP contribution in [0.3, 0.4) is 0 Å². The third-order valence-electron chi connectivity index (χ3n) is 2.31.